The summed E-state index contributed by atoms with van der Waals surface area (Å²) in [6.45, 7) is 10.8. The predicted octanol–water partition coefficient (Wildman–Crippen LogP) is 2.71. The fourth-order valence-corrected chi connectivity index (χ4v) is 2.97. The Balaban J connectivity index is 1.81. The second-order valence-electron chi connectivity index (χ2n) is 7.58. The fraction of sp³-hybridized carbons (Fsp3) is 0.579. The molecular weight excluding hydrogens is 338 g/mol. The smallest absolute Gasteiger partial charge is 0.242 e. The molecule has 138 valence electrons. The Morgan fingerprint density at radius 3 is 2.20 bits per heavy atom. The van der Waals surface area contributed by atoms with Crippen LogP contribution < -0.4 is 5.32 Å². The molecule has 2 amide bonds. The third-order valence-corrected chi connectivity index (χ3v) is 4.90. The molecule has 6 heteroatoms. The number of hydrogen-bond acceptors (Lipinski definition) is 3. The van der Waals surface area contributed by atoms with E-state index < -0.39 is 5.41 Å². The van der Waals surface area contributed by atoms with Gasteiger partial charge in [-0.15, -0.1) is 0 Å². The van der Waals surface area contributed by atoms with E-state index in [1.54, 1.807) is 0 Å². The Labute approximate surface area is 155 Å². The van der Waals surface area contributed by atoms with Gasteiger partial charge in [0.1, 0.15) is 0 Å². The lowest BCUT2D eigenvalue weighted by Gasteiger charge is -2.38. The Hall–Kier alpha value is -1.59. The SMILES string of the molecule is CC(c1ccc(Cl)cc1)N1CCN(C(=O)CNC(=O)C(C)(C)C)CC1. The van der Waals surface area contributed by atoms with Gasteiger partial charge in [-0.3, -0.25) is 14.5 Å². The topological polar surface area (TPSA) is 52.6 Å². The van der Waals surface area contributed by atoms with Crippen LogP contribution in [0, 0.1) is 5.41 Å². The Kier molecular flexibility index (Phi) is 6.47. The van der Waals surface area contributed by atoms with E-state index in [1.807, 2.05) is 49.9 Å². The predicted molar refractivity (Wildman–Crippen MR) is 100 cm³/mol. The maximum atomic E-state index is 12.3. The van der Waals surface area contributed by atoms with Gasteiger partial charge in [0, 0.05) is 42.7 Å². The largest absolute Gasteiger partial charge is 0.347 e. The van der Waals surface area contributed by atoms with Gasteiger partial charge in [-0.25, -0.2) is 0 Å². The summed E-state index contributed by atoms with van der Waals surface area (Å²) >= 11 is 5.95. The number of carbonyl (C=O) groups is 2. The highest BCUT2D eigenvalue weighted by Gasteiger charge is 2.26. The number of amides is 2. The van der Waals surface area contributed by atoms with Crippen LogP contribution in [0.5, 0.6) is 0 Å². The zero-order valence-electron chi connectivity index (χ0n) is 15.5. The van der Waals surface area contributed by atoms with Gasteiger partial charge in [0.2, 0.25) is 11.8 Å². The summed E-state index contributed by atoms with van der Waals surface area (Å²) in [5, 5.41) is 3.47. The average molecular weight is 366 g/mol. The first-order valence-electron chi connectivity index (χ1n) is 8.74. The van der Waals surface area contributed by atoms with Crippen molar-refractivity contribution >= 4 is 23.4 Å². The van der Waals surface area contributed by atoms with Gasteiger partial charge >= 0.3 is 0 Å². The molecule has 1 aromatic rings. The number of hydrogen-bond donors (Lipinski definition) is 1. The number of rotatable bonds is 4. The quantitative estimate of drug-likeness (QED) is 0.892. The summed E-state index contributed by atoms with van der Waals surface area (Å²) in [5.74, 6) is -0.118. The van der Waals surface area contributed by atoms with Crippen LogP contribution in [0.4, 0.5) is 0 Å². The molecule has 0 aliphatic carbocycles. The minimum absolute atomic E-state index is 0.0172. The summed E-state index contributed by atoms with van der Waals surface area (Å²) < 4.78 is 0. The van der Waals surface area contributed by atoms with Crippen molar-refractivity contribution < 1.29 is 9.59 Å². The molecule has 2 rings (SSSR count). The molecule has 1 atom stereocenters. The Morgan fingerprint density at radius 1 is 1.12 bits per heavy atom. The van der Waals surface area contributed by atoms with Crippen LogP contribution in [0.25, 0.3) is 0 Å². The first-order valence-corrected chi connectivity index (χ1v) is 9.12. The zero-order chi connectivity index (χ0) is 18.6. The molecule has 0 radical (unpaired) electrons. The van der Waals surface area contributed by atoms with E-state index in [4.69, 9.17) is 11.6 Å². The lowest BCUT2D eigenvalue weighted by atomic mass is 9.96. The van der Waals surface area contributed by atoms with Crippen LogP contribution in [0.1, 0.15) is 39.3 Å². The molecule has 0 bridgehead atoms. The highest BCUT2D eigenvalue weighted by molar-refractivity contribution is 6.30. The number of nitrogens with one attached hydrogen (secondary N) is 1. The molecular formula is C19H28ClN3O2. The number of piperazine rings is 1. The van der Waals surface area contributed by atoms with Gasteiger partial charge < -0.3 is 10.2 Å². The van der Waals surface area contributed by atoms with E-state index in [1.165, 1.54) is 5.56 Å². The summed E-state index contributed by atoms with van der Waals surface area (Å²) in [5.41, 5.74) is 0.745. The van der Waals surface area contributed by atoms with Gasteiger partial charge in [-0.2, -0.15) is 0 Å². The lowest BCUT2D eigenvalue weighted by Crippen LogP contribution is -2.52. The molecule has 25 heavy (non-hydrogen) atoms. The maximum absolute atomic E-state index is 12.3. The van der Waals surface area contributed by atoms with Crippen LogP contribution in [-0.4, -0.2) is 54.3 Å². The molecule has 1 aliphatic heterocycles. The molecule has 1 fully saturated rings. The van der Waals surface area contributed by atoms with Crippen LogP contribution in [0.3, 0.4) is 0 Å². The second-order valence-corrected chi connectivity index (χ2v) is 8.01. The van der Waals surface area contributed by atoms with E-state index in [2.05, 4.69) is 17.1 Å². The van der Waals surface area contributed by atoms with Gasteiger partial charge in [0.25, 0.3) is 0 Å². The van der Waals surface area contributed by atoms with Crippen LogP contribution in [0.2, 0.25) is 5.02 Å². The van der Waals surface area contributed by atoms with Crippen molar-refractivity contribution in [3.63, 3.8) is 0 Å². The van der Waals surface area contributed by atoms with Gasteiger partial charge in [-0.05, 0) is 24.6 Å². The number of carbonyl (C=O) groups excluding carboxylic acids is 2. The van der Waals surface area contributed by atoms with Crippen molar-refractivity contribution in [1.29, 1.82) is 0 Å². The van der Waals surface area contributed by atoms with Gasteiger partial charge in [0.05, 0.1) is 6.54 Å². The van der Waals surface area contributed by atoms with Gasteiger partial charge in [-0.1, -0.05) is 44.5 Å². The number of benzene rings is 1. The zero-order valence-corrected chi connectivity index (χ0v) is 16.3. The van der Waals surface area contributed by atoms with E-state index in [0.29, 0.717) is 13.1 Å². The minimum atomic E-state index is -0.479. The first kappa shape index (κ1) is 19.7. The summed E-state index contributed by atoms with van der Waals surface area (Å²) in [6, 6.07) is 8.20. The summed E-state index contributed by atoms with van der Waals surface area (Å²) in [7, 11) is 0. The van der Waals surface area contributed by atoms with Crippen molar-refractivity contribution in [3.8, 4) is 0 Å². The molecule has 1 N–H and O–H groups in total. The lowest BCUT2D eigenvalue weighted by molar-refractivity contribution is -0.136. The van der Waals surface area contributed by atoms with Crippen molar-refractivity contribution in [2.45, 2.75) is 33.7 Å². The maximum Gasteiger partial charge on any atom is 0.242 e. The van der Waals surface area contributed by atoms with E-state index in [0.717, 1.165) is 18.1 Å². The minimum Gasteiger partial charge on any atom is -0.347 e. The van der Waals surface area contributed by atoms with Crippen molar-refractivity contribution in [2.75, 3.05) is 32.7 Å². The summed E-state index contributed by atoms with van der Waals surface area (Å²) in [4.78, 5) is 28.4. The monoisotopic (exact) mass is 365 g/mol. The number of nitrogens with zero attached hydrogens (tertiary/aromatic N) is 2. The molecule has 0 spiro atoms. The van der Waals surface area contributed by atoms with Crippen LogP contribution >= 0.6 is 11.6 Å². The Morgan fingerprint density at radius 2 is 1.68 bits per heavy atom. The highest BCUT2D eigenvalue weighted by Crippen LogP contribution is 2.23. The molecule has 0 aromatic heterocycles. The van der Waals surface area contributed by atoms with E-state index in [9.17, 15) is 9.59 Å². The van der Waals surface area contributed by atoms with E-state index >= 15 is 0 Å². The Bertz CT molecular complexity index is 602. The highest BCUT2D eigenvalue weighted by atomic mass is 35.5. The molecule has 1 saturated heterocycles. The number of halogens is 1. The third kappa shape index (κ3) is 5.44. The fourth-order valence-electron chi connectivity index (χ4n) is 2.84. The molecule has 1 aromatic carbocycles. The van der Waals surface area contributed by atoms with Crippen LogP contribution in [-0.2, 0) is 9.59 Å². The normalized spacial score (nSPS) is 17.2. The second kappa shape index (κ2) is 8.19. The van der Waals surface area contributed by atoms with Crippen molar-refractivity contribution in [2.24, 2.45) is 5.41 Å². The van der Waals surface area contributed by atoms with E-state index in [-0.39, 0.29) is 24.4 Å². The summed E-state index contributed by atoms with van der Waals surface area (Å²) in [6.07, 6.45) is 0. The van der Waals surface area contributed by atoms with Crippen molar-refractivity contribution in [1.82, 2.24) is 15.1 Å². The molecule has 1 aliphatic rings. The molecule has 1 heterocycles. The third-order valence-electron chi connectivity index (χ3n) is 4.65. The standard InChI is InChI=1S/C19H28ClN3O2/c1-14(15-5-7-16(20)8-6-15)22-9-11-23(12-10-22)17(24)13-21-18(25)19(2,3)4/h5-8,14H,9-13H2,1-4H3,(H,21,25). The average Bonchev–Trinajstić information content (AvgIpc) is 2.58. The first-order chi connectivity index (χ1) is 11.7. The van der Waals surface area contributed by atoms with Gasteiger partial charge in [0.15, 0.2) is 0 Å². The molecule has 0 saturated carbocycles. The molecule has 1 unspecified atom stereocenters. The molecule has 5 nitrogen and oxygen atoms in total. The van der Waals surface area contributed by atoms with Crippen LogP contribution in [0.15, 0.2) is 24.3 Å². The van der Waals surface area contributed by atoms with Crippen molar-refractivity contribution in [3.05, 3.63) is 34.9 Å².